The van der Waals surface area contributed by atoms with Crippen LogP contribution in [0.1, 0.15) is 12.0 Å². The molecule has 0 aliphatic heterocycles. The van der Waals surface area contributed by atoms with Crippen molar-refractivity contribution in [2.45, 2.75) is 13.3 Å². The summed E-state index contributed by atoms with van der Waals surface area (Å²) in [5.74, 6) is 1.05. The Balaban J connectivity index is 0.00000225. The quantitative estimate of drug-likeness (QED) is 0.372. The van der Waals surface area contributed by atoms with E-state index >= 15 is 0 Å². The van der Waals surface area contributed by atoms with Crippen molar-refractivity contribution in [1.29, 1.82) is 0 Å². The number of aryl methyl sites for hydroxylation is 1. The van der Waals surface area contributed by atoms with Crippen LogP contribution in [0, 0.1) is 6.92 Å². The highest BCUT2D eigenvalue weighted by atomic mass is 127. The van der Waals surface area contributed by atoms with Gasteiger partial charge in [0.2, 0.25) is 0 Å². The molecule has 0 fully saturated rings. The largest absolute Gasteiger partial charge is 0.493 e. The summed E-state index contributed by atoms with van der Waals surface area (Å²) >= 11 is 0. The number of halogens is 1. The molecule has 0 unspecified atom stereocenters. The highest BCUT2D eigenvalue weighted by Gasteiger charge is 1.96. The summed E-state index contributed by atoms with van der Waals surface area (Å²) in [6.45, 7) is 3.25. The van der Waals surface area contributed by atoms with Crippen LogP contribution in [0.3, 0.4) is 0 Å². The van der Waals surface area contributed by atoms with Crippen LogP contribution in [0.2, 0.25) is 0 Å². The van der Waals surface area contributed by atoms with Gasteiger partial charge in [-0.05, 0) is 18.6 Å². The van der Waals surface area contributed by atoms with Crippen molar-refractivity contribution >= 4 is 29.9 Å². The summed E-state index contributed by atoms with van der Waals surface area (Å²) in [5.41, 5.74) is 11.5. The molecule has 0 spiro atoms. The monoisotopic (exact) mass is 335 g/mol. The molecule has 1 aromatic carbocycles. The van der Waals surface area contributed by atoms with Gasteiger partial charge in [0.25, 0.3) is 0 Å². The average molecular weight is 335 g/mol. The van der Waals surface area contributed by atoms with E-state index in [2.05, 4.69) is 4.99 Å². The van der Waals surface area contributed by atoms with Crippen LogP contribution < -0.4 is 16.2 Å². The normalized spacial score (nSPS) is 9.06. The number of ether oxygens (including phenoxy) is 1. The van der Waals surface area contributed by atoms with Crippen molar-refractivity contribution in [1.82, 2.24) is 0 Å². The SMILES string of the molecule is Cc1ccccc1OCCCN=C(N)N.I. The molecule has 1 rings (SSSR count). The zero-order chi connectivity index (χ0) is 11.1. The maximum absolute atomic E-state index is 5.57. The number of benzene rings is 1. The van der Waals surface area contributed by atoms with E-state index < -0.39 is 0 Å². The fourth-order valence-corrected chi connectivity index (χ4v) is 1.17. The first kappa shape index (κ1) is 15.0. The molecule has 0 aliphatic carbocycles. The number of nitrogens with zero attached hydrogens (tertiary/aromatic N) is 1. The lowest BCUT2D eigenvalue weighted by molar-refractivity contribution is 0.311. The Morgan fingerprint density at radius 3 is 2.62 bits per heavy atom. The van der Waals surface area contributed by atoms with Crippen molar-refractivity contribution in [3.8, 4) is 5.75 Å². The maximum Gasteiger partial charge on any atom is 0.185 e. The average Bonchev–Trinajstić information content (AvgIpc) is 2.20. The van der Waals surface area contributed by atoms with Gasteiger partial charge < -0.3 is 16.2 Å². The second kappa shape index (κ2) is 8.20. The number of rotatable bonds is 5. The third-order valence-electron chi connectivity index (χ3n) is 1.95. The fourth-order valence-electron chi connectivity index (χ4n) is 1.17. The third-order valence-corrected chi connectivity index (χ3v) is 1.95. The number of nitrogens with two attached hydrogens (primary N) is 2. The van der Waals surface area contributed by atoms with Gasteiger partial charge in [0.15, 0.2) is 5.96 Å². The second-order valence-corrected chi connectivity index (χ2v) is 3.27. The van der Waals surface area contributed by atoms with E-state index in [0.717, 1.165) is 17.7 Å². The van der Waals surface area contributed by atoms with Gasteiger partial charge in [0, 0.05) is 13.0 Å². The molecule has 0 amide bonds. The van der Waals surface area contributed by atoms with Crippen LogP contribution in [-0.2, 0) is 0 Å². The lowest BCUT2D eigenvalue weighted by atomic mass is 10.2. The van der Waals surface area contributed by atoms with Gasteiger partial charge in [-0.2, -0.15) is 0 Å². The summed E-state index contributed by atoms with van der Waals surface area (Å²) < 4.78 is 5.57. The Morgan fingerprint density at radius 2 is 2.00 bits per heavy atom. The minimum Gasteiger partial charge on any atom is -0.493 e. The minimum absolute atomic E-state index is 0. The van der Waals surface area contributed by atoms with Crippen molar-refractivity contribution in [3.05, 3.63) is 29.8 Å². The molecule has 0 saturated heterocycles. The van der Waals surface area contributed by atoms with Crippen LogP contribution in [0.15, 0.2) is 29.3 Å². The first-order valence-electron chi connectivity index (χ1n) is 4.94. The number of hydrogen-bond donors (Lipinski definition) is 2. The lowest BCUT2D eigenvalue weighted by Gasteiger charge is -2.07. The second-order valence-electron chi connectivity index (χ2n) is 3.27. The molecule has 4 N–H and O–H groups in total. The van der Waals surface area contributed by atoms with Crippen molar-refractivity contribution in [2.24, 2.45) is 16.5 Å². The number of aliphatic imine (C=N–C) groups is 1. The van der Waals surface area contributed by atoms with Crippen LogP contribution in [0.25, 0.3) is 0 Å². The van der Waals surface area contributed by atoms with Gasteiger partial charge >= 0.3 is 0 Å². The van der Waals surface area contributed by atoms with Gasteiger partial charge in [0.05, 0.1) is 6.61 Å². The van der Waals surface area contributed by atoms with E-state index in [0.29, 0.717) is 13.2 Å². The molecule has 0 aromatic heterocycles. The van der Waals surface area contributed by atoms with Gasteiger partial charge in [0.1, 0.15) is 5.75 Å². The molecule has 90 valence electrons. The minimum atomic E-state index is 0. The topological polar surface area (TPSA) is 73.6 Å². The van der Waals surface area contributed by atoms with Gasteiger partial charge in [-0.25, -0.2) is 0 Å². The zero-order valence-electron chi connectivity index (χ0n) is 9.35. The van der Waals surface area contributed by atoms with E-state index in [-0.39, 0.29) is 29.9 Å². The molecule has 0 aliphatic rings. The number of para-hydroxylation sites is 1. The summed E-state index contributed by atoms with van der Waals surface area (Å²) in [4.78, 5) is 3.87. The van der Waals surface area contributed by atoms with Crippen molar-refractivity contribution < 1.29 is 4.74 Å². The summed E-state index contributed by atoms with van der Waals surface area (Å²) in [6, 6.07) is 7.92. The van der Waals surface area contributed by atoms with Crippen LogP contribution in [0.4, 0.5) is 0 Å². The first-order chi connectivity index (χ1) is 7.20. The molecule has 0 saturated carbocycles. The zero-order valence-corrected chi connectivity index (χ0v) is 11.7. The van der Waals surface area contributed by atoms with Gasteiger partial charge in [-0.1, -0.05) is 18.2 Å². The van der Waals surface area contributed by atoms with E-state index in [1.807, 2.05) is 31.2 Å². The maximum atomic E-state index is 5.57. The smallest absolute Gasteiger partial charge is 0.185 e. The lowest BCUT2D eigenvalue weighted by Crippen LogP contribution is -2.23. The van der Waals surface area contributed by atoms with E-state index in [1.165, 1.54) is 0 Å². The molecule has 1 aromatic rings. The molecule has 0 atom stereocenters. The van der Waals surface area contributed by atoms with E-state index in [1.54, 1.807) is 0 Å². The fraction of sp³-hybridized carbons (Fsp3) is 0.364. The highest BCUT2D eigenvalue weighted by molar-refractivity contribution is 14.0. The predicted octanol–water partition coefficient (Wildman–Crippen LogP) is 1.66. The van der Waals surface area contributed by atoms with E-state index in [4.69, 9.17) is 16.2 Å². The number of guanidine groups is 1. The standard InChI is InChI=1S/C11H17N3O.HI/c1-9-5-2-3-6-10(9)15-8-4-7-14-11(12)13;/h2-3,5-6H,4,7-8H2,1H3,(H4,12,13,14);1H. The van der Waals surface area contributed by atoms with Crippen LogP contribution in [0.5, 0.6) is 5.75 Å². The molecular weight excluding hydrogens is 317 g/mol. The predicted molar refractivity (Wildman–Crippen MR) is 77.4 cm³/mol. The Labute approximate surface area is 113 Å². The molecule has 5 heteroatoms. The van der Waals surface area contributed by atoms with Crippen molar-refractivity contribution in [2.75, 3.05) is 13.2 Å². The van der Waals surface area contributed by atoms with Crippen molar-refractivity contribution in [3.63, 3.8) is 0 Å². The van der Waals surface area contributed by atoms with Gasteiger partial charge in [-0.15, -0.1) is 24.0 Å². The molecule has 0 bridgehead atoms. The molecule has 0 radical (unpaired) electrons. The summed E-state index contributed by atoms with van der Waals surface area (Å²) in [6.07, 6.45) is 0.812. The first-order valence-corrected chi connectivity index (χ1v) is 4.94. The summed E-state index contributed by atoms with van der Waals surface area (Å²) in [7, 11) is 0. The Kier molecular flexibility index (Phi) is 7.70. The summed E-state index contributed by atoms with van der Waals surface area (Å²) in [5, 5.41) is 0. The molecule has 16 heavy (non-hydrogen) atoms. The Hall–Kier alpha value is -0.980. The molecular formula is C11H18IN3O. The third kappa shape index (κ3) is 5.79. The van der Waals surface area contributed by atoms with Gasteiger partial charge in [-0.3, -0.25) is 4.99 Å². The van der Waals surface area contributed by atoms with Crippen LogP contribution >= 0.6 is 24.0 Å². The number of hydrogen-bond acceptors (Lipinski definition) is 2. The highest BCUT2D eigenvalue weighted by Crippen LogP contribution is 2.15. The Morgan fingerprint density at radius 1 is 1.31 bits per heavy atom. The van der Waals surface area contributed by atoms with Crippen LogP contribution in [-0.4, -0.2) is 19.1 Å². The van der Waals surface area contributed by atoms with E-state index in [9.17, 15) is 0 Å². The molecule has 4 nitrogen and oxygen atoms in total. The molecule has 0 heterocycles. The Bertz CT molecular complexity index is 338.